The number of nitrogens with zero attached hydrogens (tertiary/aromatic N) is 2. The average Bonchev–Trinajstić information content (AvgIpc) is 2.57. The van der Waals surface area contributed by atoms with Gasteiger partial charge >= 0.3 is 0 Å². The highest BCUT2D eigenvalue weighted by molar-refractivity contribution is 5.85. The van der Waals surface area contributed by atoms with E-state index in [9.17, 15) is 0 Å². The van der Waals surface area contributed by atoms with Crippen LogP contribution in [-0.2, 0) is 13.1 Å². The molecule has 0 aromatic heterocycles. The zero-order valence-corrected chi connectivity index (χ0v) is 16.0. The zero-order valence-electron chi connectivity index (χ0n) is 14.4. The molecule has 3 nitrogen and oxygen atoms in total. The van der Waals surface area contributed by atoms with Crippen LogP contribution in [0, 0.1) is 0 Å². The van der Waals surface area contributed by atoms with Gasteiger partial charge in [-0.25, -0.2) is 0 Å². The molecule has 2 bridgehead atoms. The topological polar surface area (TPSA) is 18.5 Å². The van der Waals surface area contributed by atoms with E-state index in [0.29, 0.717) is 12.1 Å². The maximum absolute atomic E-state index is 3.62. The van der Waals surface area contributed by atoms with Gasteiger partial charge in [0, 0.05) is 51.4 Å². The lowest BCUT2D eigenvalue weighted by molar-refractivity contribution is -0.00760. The molecule has 4 rings (SSSR count). The van der Waals surface area contributed by atoms with Crippen molar-refractivity contribution in [1.29, 1.82) is 0 Å². The maximum Gasteiger partial charge on any atom is 0.0355 e. The molecule has 2 unspecified atom stereocenters. The molecule has 2 saturated heterocycles. The Hall–Kier alpha value is -1.10. The molecule has 25 heavy (non-hydrogen) atoms. The normalized spacial score (nSPS) is 23.4. The van der Waals surface area contributed by atoms with Crippen molar-refractivity contribution in [2.24, 2.45) is 0 Å². The molecule has 2 aromatic rings. The van der Waals surface area contributed by atoms with Gasteiger partial charge in [-0.2, -0.15) is 0 Å². The Morgan fingerprint density at radius 3 is 1.72 bits per heavy atom. The van der Waals surface area contributed by atoms with Gasteiger partial charge in [0.25, 0.3) is 0 Å². The Balaban J connectivity index is 0.00000113. The van der Waals surface area contributed by atoms with Crippen LogP contribution in [0.5, 0.6) is 0 Å². The third kappa shape index (κ3) is 4.96. The third-order valence-corrected chi connectivity index (χ3v) is 5.09. The third-order valence-electron chi connectivity index (χ3n) is 5.09. The monoisotopic (exact) mass is 379 g/mol. The van der Waals surface area contributed by atoms with Gasteiger partial charge in [-0.15, -0.1) is 24.8 Å². The summed E-state index contributed by atoms with van der Waals surface area (Å²) < 4.78 is 0. The fourth-order valence-corrected chi connectivity index (χ4v) is 3.98. The molecule has 2 aliphatic rings. The number of rotatable bonds is 4. The Morgan fingerprint density at radius 1 is 0.720 bits per heavy atom. The lowest BCUT2D eigenvalue weighted by atomic mass is 9.99. The first kappa shape index (κ1) is 20.2. The van der Waals surface area contributed by atoms with Crippen LogP contribution in [0.15, 0.2) is 60.7 Å². The summed E-state index contributed by atoms with van der Waals surface area (Å²) in [6, 6.07) is 23.0. The SMILES string of the molecule is Cl.Cl.c1ccc(CN2CC3CNCC(C2)N3Cc2ccccc2)cc1. The summed E-state index contributed by atoms with van der Waals surface area (Å²) in [6.45, 7) is 6.68. The fraction of sp³-hybridized carbons (Fsp3) is 0.400. The van der Waals surface area contributed by atoms with E-state index in [1.54, 1.807) is 0 Å². The molecule has 2 aromatic carbocycles. The van der Waals surface area contributed by atoms with E-state index in [0.717, 1.165) is 39.3 Å². The molecule has 0 aliphatic carbocycles. The molecule has 2 atom stereocenters. The van der Waals surface area contributed by atoms with E-state index in [2.05, 4.69) is 75.8 Å². The summed E-state index contributed by atoms with van der Waals surface area (Å²) in [6.07, 6.45) is 0. The summed E-state index contributed by atoms with van der Waals surface area (Å²) >= 11 is 0. The Labute approximate surface area is 163 Å². The number of nitrogens with one attached hydrogen (secondary N) is 1. The van der Waals surface area contributed by atoms with Crippen LogP contribution in [0.25, 0.3) is 0 Å². The van der Waals surface area contributed by atoms with Gasteiger partial charge in [-0.05, 0) is 11.1 Å². The molecule has 136 valence electrons. The highest BCUT2D eigenvalue weighted by Crippen LogP contribution is 2.23. The zero-order chi connectivity index (χ0) is 15.5. The van der Waals surface area contributed by atoms with Crippen molar-refractivity contribution in [3.63, 3.8) is 0 Å². The first-order chi connectivity index (χ1) is 11.4. The molecule has 1 N–H and O–H groups in total. The van der Waals surface area contributed by atoms with Crippen LogP contribution in [0.1, 0.15) is 11.1 Å². The maximum atomic E-state index is 3.62. The molecule has 2 heterocycles. The van der Waals surface area contributed by atoms with Gasteiger partial charge in [0.1, 0.15) is 0 Å². The van der Waals surface area contributed by atoms with Crippen LogP contribution < -0.4 is 5.32 Å². The summed E-state index contributed by atoms with van der Waals surface area (Å²) in [5.74, 6) is 0. The largest absolute Gasteiger partial charge is 0.314 e. The van der Waals surface area contributed by atoms with Crippen LogP contribution >= 0.6 is 24.8 Å². The van der Waals surface area contributed by atoms with Crippen LogP contribution in [0.4, 0.5) is 0 Å². The molecule has 5 heteroatoms. The van der Waals surface area contributed by atoms with Crippen molar-refractivity contribution >= 4 is 24.8 Å². The van der Waals surface area contributed by atoms with E-state index in [-0.39, 0.29) is 24.8 Å². The van der Waals surface area contributed by atoms with Crippen LogP contribution in [0.3, 0.4) is 0 Å². The van der Waals surface area contributed by atoms with Gasteiger partial charge in [0.15, 0.2) is 0 Å². The molecule has 2 fully saturated rings. The first-order valence-corrected chi connectivity index (χ1v) is 8.65. The Kier molecular flexibility index (Phi) is 7.73. The lowest BCUT2D eigenvalue weighted by Crippen LogP contribution is -2.67. The van der Waals surface area contributed by atoms with Crippen molar-refractivity contribution in [2.75, 3.05) is 26.2 Å². The molecule has 0 radical (unpaired) electrons. The number of hydrogen-bond acceptors (Lipinski definition) is 3. The number of fused-ring (bicyclic) bond motifs is 2. The number of piperazine rings is 2. The van der Waals surface area contributed by atoms with Crippen molar-refractivity contribution in [1.82, 2.24) is 15.1 Å². The van der Waals surface area contributed by atoms with Gasteiger partial charge in [-0.1, -0.05) is 60.7 Å². The van der Waals surface area contributed by atoms with Gasteiger partial charge < -0.3 is 5.32 Å². The van der Waals surface area contributed by atoms with Gasteiger partial charge in [-0.3, -0.25) is 9.80 Å². The fourth-order valence-electron chi connectivity index (χ4n) is 3.98. The summed E-state index contributed by atoms with van der Waals surface area (Å²) in [7, 11) is 0. The van der Waals surface area contributed by atoms with Gasteiger partial charge in [0.05, 0.1) is 0 Å². The smallest absolute Gasteiger partial charge is 0.0355 e. The molecule has 2 aliphatic heterocycles. The minimum Gasteiger partial charge on any atom is -0.314 e. The first-order valence-electron chi connectivity index (χ1n) is 8.65. The average molecular weight is 380 g/mol. The van der Waals surface area contributed by atoms with E-state index < -0.39 is 0 Å². The van der Waals surface area contributed by atoms with E-state index in [1.165, 1.54) is 11.1 Å². The van der Waals surface area contributed by atoms with E-state index in [1.807, 2.05) is 0 Å². The lowest BCUT2D eigenvalue weighted by Gasteiger charge is -2.50. The van der Waals surface area contributed by atoms with Crippen molar-refractivity contribution in [3.8, 4) is 0 Å². The Bertz CT molecular complexity index is 609. The van der Waals surface area contributed by atoms with E-state index in [4.69, 9.17) is 0 Å². The predicted molar refractivity (Wildman–Crippen MR) is 109 cm³/mol. The molecule has 0 amide bonds. The summed E-state index contributed by atoms with van der Waals surface area (Å²) in [5.41, 5.74) is 2.86. The molecule has 0 spiro atoms. The number of benzene rings is 2. The number of hydrogen-bond donors (Lipinski definition) is 1. The highest BCUT2D eigenvalue weighted by atomic mass is 35.5. The van der Waals surface area contributed by atoms with Gasteiger partial charge in [0.2, 0.25) is 0 Å². The molecular weight excluding hydrogens is 353 g/mol. The summed E-state index contributed by atoms with van der Waals surface area (Å²) in [4.78, 5) is 5.35. The van der Waals surface area contributed by atoms with Crippen molar-refractivity contribution in [2.45, 2.75) is 25.2 Å². The highest BCUT2D eigenvalue weighted by Gasteiger charge is 2.36. The minimum absolute atomic E-state index is 0. The standard InChI is InChI=1S/C20H25N3.2ClH/c1-3-7-17(8-4-1)13-22-15-19-11-21-12-20(16-22)23(19)14-18-9-5-2-6-10-18;;/h1-10,19-21H,11-16H2;2*1H. The number of halogens is 2. The molecule has 0 saturated carbocycles. The quantitative estimate of drug-likeness (QED) is 0.879. The second kappa shape index (κ2) is 9.56. The summed E-state index contributed by atoms with van der Waals surface area (Å²) in [5, 5.41) is 3.62. The molecular formula is C20H27Cl2N3. The van der Waals surface area contributed by atoms with Crippen LogP contribution in [0.2, 0.25) is 0 Å². The second-order valence-corrected chi connectivity index (χ2v) is 6.80. The van der Waals surface area contributed by atoms with Crippen molar-refractivity contribution in [3.05, 3.63) is 71.8 Å². The van der Waals surface area contributed by atoms with Crippen LogP contribution in [-0.4, -0.2) is 48.1 Å². The minimum atomic E-state index is 0. The Morgan fingerprint density at radius 2 is 1.20 bits per heavy atom. The van der Waals surface area contributed by atoms with E-state index >= 15 is 0 Å². The van der Waals surface area contributed by atoms with Crippen molar-refractivity contribution < 1.29 is 0 Å². The predicted octanol–water partition coefficient (Wildman–Crippen LogP) is 3.19. The second-order valence-electron chi connectivity index (χ2n) is 6.80.